The Morgan fingerprint density at radius 2 is 1.85 bits per heavy atom. The van der Waals surface area contributed by atoms with E-state index in [9.17, 15) is 8.42 Å². The van der Waals surface area contributed by atoms with E-state index in [0.717, 1.165) is 18.4 Å². The zero-order valence-corrected chi connectivity index (χ0v) is 15.6. The van der Waals surface area contributed by atoms with Gasteiger partial charge in [0.1, 0.15) is 12.2 Å². The van der Waals surface area contributed by atoms with Gasteiger partial charge in [-0.25, -0.2) is 18.1 Å². The summed E-state index contributed by atoms with van der Waals surface area (Å²) in [4.78, 5) is 4.11. The van der Waals surface area contributed by atoms with E-state index in [0.29, 0.717) is 24.3 Å². The van der Waals surface area contributed by atoms with Gasteiger partial charge in [-0.15, -0.1) is 0 Å². The molecule has 7 heteroatoms. The second kappa shape index (κ2) is 8.80. The van der Waals surface area contributed by atoms with Crippen LogP contribution in [0.15, 0.2) is 54.1 Å². The summed E-state index contributed by atoms with van der Waals surface area (Å²) < 4.78 is 33.0. The number of aromatic nitrogens is 1. The van der Waals surface area contributed by atoms with Gasteiger partial charge in [0.15, 0.2) is 0 Å². The van der Waals surface area contributed by atoms with Gasteiger partial charge < -0.3 is 4.74 Å². The van der Waals surface area contributed by atoms with Crippen molar-refractivity contribution in [3.05, 3.63) is 65.2 Å². The van der Waals surface area contributed by atoms with Gasteiger partial charge in [0.05, 0.1) is 5.56 Å². The number of pyridine rings is 1. The van der Waals surface area contributed by atoms with Crippen LogP contribution in [0.3, 0.4) is 0 Å². The monoisotopic (exact) mass is 383 g/mol. The van der Waals surface area contributed by atoms with Gasteiger partial charge in [-0.2, -0.15) is 5.26 Å². The molecule has 1 heterocycles. The van der Waals surface area contributed by atoms with E-state index in [-0.39, 0.29) is 12.1 Å². The summed E-state index contributed by atoms with van der Waals surface area (Å²) in [5, 5.41) is 10.00. The molecule has 1 saturated carbocycles. The molecule has 1 fully saturated rings. The third-order valence-corrected chi connectivity index (χ3v) is 5.55. The zero-order chi connectivity index (χ0) is 19.1. The summed E-state index contributed by atoms with van der Waals surface area (Å²) in [6, 6.07) is 14.6. The molecule has 140 valence electrons. The molecule has 3 rings (SSSR count). The van der Waals surface area contributed by atoms with Crippen molar-refractivity contribution in [2.75, 3.05) is 0 Å². The molecule has 0 aliphatic heterocycles. The fourth-order valence-corrected chi connectivity index (χ4v) is 4.10. The third-order valence-electron chi connectivity index (χ3n) is 4.40. The predicted octanol–water partition coefficient (Wildman–Crippen LogP) is 3.23. The summed E-state index contributed by atoms with van der Waals surface area (Å²) in [5.74, 6) is 0.490. The molecule has 6 nitrogen and oxygen atoms in total. The van der Waals surface area contributed by atoms with Crippen molar-refractivity contribution < 1.29 is 13.2 Å². The first-order valence-electron chi connectivity index (χ1n) is 8.82. The Kier molecular flexibility index (Phi) is 6.22. The van der Waals surface area contributed by atoms with E-state index in [1.807, 2.05) is 36.4 Å². The Hall–Kier alpha value is -2.69. The van der Waals surface area contributed by atoms with Crippen molar-refractivity contribution in [1.29, 1.82) is 5.26 Å². The lowest BCUT2D eigenvalue weighted by Gasteiger charge is -2.28. The number of hydrogen-bond donors (Lipinski definition) is 1. The van der Waals surface area contributed by atoms with Crippen LogP contribution in [-0.2, 0) is 10.0 Å². The maximum absolute atomic E-state index is 12.2. The van der Waals surface area contributed by atoms with Crippen molar-refractivity contribution in [3.8, 4) is 11.9 Å². The molecule has 0 atom stereocenters. The lowest BCUT2D eigenvalue weighted by atomic mass is 9.94. The minimum atomic E-state index is -3.48. The van der Waals surface area contributed by atoms with E-state index in [2.05, 4.69) is 9.71 Å². The molecular formula is C20H21N3O3S. The molecule has 27 heavy (non-hydrogen) atoms. The van der Waals surface area contributed by atoms with Gasteiger partial charge in [0, 0.05) is 23.7 Å². The highest BCUT2D eigenvalue weighted by Gasteiger charge is 2.25. The normalized spacial score (nSPS) is 20.3. The van der Waals surface area contributed by atoms with Crippen molar-refractivity contribution in [2.45, 2.75) is 37.8 Å². The number of nitriles is 1. The fourth-order valence-electron chi connectivity index (χ4n) is 2.99. The fraction of sp³-hybridized carbons (Fsp3) is 0.300. The Bertz CT molecular complexity index is 911. The summed E-state index contributed by atoms with van der Waals surface area (Å²) >= 11 is 0. The smallest absolute Gasteiger partial charge is 0.233 e. The average molecular weight is 383 g/mol. The lowest BCUT2D eigenvalue weighted by Crippen LogP contribution is -2.38. The second-order valence-corrected chi connectivity index (χ2v) is 8.06. The van der Waals surface area contributed by atoms with Crippen LogP contribution in [0.5, 0.6) is 5.88 Å². The van der Waals surface area contributed by atoms with E-state index in [4.69, 9.17) is 10.00 Å². The van der Waals surface area contributed by atoms with Gasteiger partial charge in [-0.1, -0.05) is 30.3 Å². The molecule has 0 saturated heterocycles. The molecular weight excluding hydrogens is 362 g/mol. The Balaban J connectivity index is 1.48. The van der Waals surface area contributed by atoms with E-state index in [1.54, 1.807) is 18.2 Å². The maximum atomic E-state index is 12.2. The van der Waals surface area contributed by atoms with Gasteiger partial charge in [-0.05, 0) is 43.4 Å². The van der Waals surface area contributed by atoms with Crippen molar-refractivity contribution in [3.63, 3.8) is 0 Å². The molecule has 0 spiro atoms. The molecule has 1 aliphatic carbocycles. The Morgan fingerprint density at radius 3 is 2.48 bits per heavy atom. The van der Waals surface area contributed by atoms with Crippen LogP contribution in [0.4, 0.5) is 0 Å². The van der Waals surface area contributed by atoms with Crippen molar-refractivity contribution in [1.82, 2.24) is 9.71 Å². The van der Waals surface area contributed by atoms with Crippen molar-refractivity contribution in [2.24, 2.45) is 0 Å². The van der Waals surface area contributed by atoms with Crippen LogP contribution in [0.25, 0.3) is 6.08 Å². The Morgan fingerprint density at radius 1 is 1.11 bits per heavy atom. The highest BCUT2D eigenvalue weighted by Crippen LogP contribution is 2.23. The summed E-state index contributed by atoms with van der Waals surface area (Å²) in [6.07, 6.45) is 5.99. The summed E-state index contributed by atoms with van der Waals surface area (Å²) in [5.41, 5.74) is 1.33. The molecule has 0 unspecified atom stereocenters. The largest absolute Gasteiger partial charge is 0.474 e. The molecule has 1 aromatic heterocycles. The SMILES string of the molecule is N#Cc1ccc(OC2CCC(NS(=O)(=O)C=Cc3ccccc3)CC2)nc1. The standard InChI is InChI=1S/C20H21N3O3S/c21-14-17-6-11-20(22-15-17)26-19-9-7-18(8-10-19)23-27(24,25)13-12-16-4-2-1-3-5-16/h1-6,11-13,15,18-19,23H,7-10H2. The molecule has 1 N–H and O–H groups in total. The van der Waals surface area contributed by atoms with E-state index >= 15 is 0 Å². The minimum absolute atomic E-state index is 0.00560. The number of rotatable bonds is 6. The number of nitrogens with zero attached hydrogens (tertiary/aromatic N) is 2. The van der Waals surface area contributed by atoms with Gasteiger partial charge >= 0.3 is 0 Å². The maximum Gasteiger partial charge on any atom is 0.233 e. The number of hydrogen-bond acceptors (Lipinski definition) is 5. The molecule has 1 aromatic carbocycles. The number of sulfonamides is 1. The van der Waals surface area contributed by atoms with Crippen LogP contribution in [0, 0.1) is 11.3 Å². The highest BCUT2D eigenvalue weighted by molar-refractivity contribution is 7.92. The minimum Gasteiger partial charge on any atom is -0.474 e. The molecule has 2 aromatic rings. The van der Waals surface area contributed by atoms with Crippen LogP contribution >= 0.6 is 0 Å². The first-order valence-corrected chi connectivity index (χ1v) is 10.4. The van der Waals surface area contributed by atoms with Crippen LogP contribution in [0.1, 0.15) is 36.8 Å². The van der Waals surface area contributed by atoms with Crippen LogP contribution in [0.2, 0.25) is 0 Å². The quantitative estimate of drug-likeness (QED) is 0.827. The van der Waals surface area contributed by atoms with Crippen LogP contribution in [-0.4, -0.2) is 25.5 Å². The molecule has 1 aliphatic rings. The summed E-state index contributed by atoms with van der Waals surface area (Å²) in [7, 11) is -3.48. The molecule has 0 bridgehead atoms. The number of ether oxygens (including phenoxy) is 1. The first kappa shape index (κ1) is 19.1. The average Bonchev–Trinajstić information content (AvgIpc) is 2.69. The van der Waals surface area contributed by atoms with Crippen LogP contribution < -0.4 is 9.46 Å². The van der Waals surface area contributed by atoms with E-state index in [1.165, 1.54) is 11.6 Å². The first-order chi connectivity index (χ1) is 13.0. The number of benzene rings is 1. The Labute approximate surface area is 159 Å². The topological polar surface area (TPSA) is 92.1 Å². The zero-order valence-electron chi connectivity index (χ0n) is 14.8. The van der Waals surface area contributed by atoms with Gasteiger partial charge in [0.25, 0.3) is 0 Å². The highest BCUT2D eigenvalue weighted by atomic mass is 32.2. The van der Waals surface area contributed by atoms with E-state index < -0.39 is 10.0 Å². The molecule has 0 radical (unpaired) electrons. The molecule has 0 amide bonds. The third kappa shape index (κ3) is 5.91. The lowest BCUT2D eigenvalue weighted by molar-refractivity contribution is 0.138. The predicted molar refractivity (Wildman–Crippen MR) is 103 cm³/mol. The summed E-state index contributed by atoms with van der Waals surface area (Å²) in [6.45, 7) is 0. The van der Waals surface area contributed by atoms with Crippen molar-refractivity contribution >= 4 is 16.1 Å². The van der Waals surface area contributed by atoms with Gasteiger partial charge in [0.2, 0.25) is 15.9 Å². The second-order valence-electron chi connectivity index (χ2n) is 6.46. The van der Waals surface area contributed by atoms with Gasteiger partial charge in [-0.3, -0.25) is 0 Å². The number of nitrogens with one attached hydrogen (secondary N) is 1.